The standard InChI is InChI=1S/C20H21N3O4/c1-25-16-6-4-5-14(9-16)12-22-13-15(11-21)20(24)23-18-10-17(26-2)7-8-19(18)27-3/h4-10,13,22H,12H2,1-3H3,(H,23,24)/b15-13-. The van der Waals surface area contributed by atoms with Crippen molar-refractivity contribution in [3.05, 3.63) is 59.8 Å². The zero-order valence-corrected chi connectivity index (χ0v) is 15.4. The fourth-order valence-corrected chi connectivity index (χ4v) is 2.30. The maximum absolute atomic E-state index is 12.4. The van der Waals surface area contributed by atoms with Crippen LogP contribution in [0.25, 0.3) is 0 Å². The Kier molecular flexibility index (Phi) is 7.08. The van der Waals surface area contributed by atoms with Crippen LogP contribution in [0.15, 0.2) is 54.2 Å². The molecular formula is C20H21N3O4. The molecule has 0 aliphatic heterocycles. The summed E-state index contributed by atoms with van der Waals surface area (Å²) < 4.78 is 15.5. The van der Waals surface area contributed by atoms with Crippen LogP contribution in [0.4, 0.5) is 5.69 Å². The van der Waals surface area contributed by atoms with Crippen molar-refractivity contribution in [2.24, 2.45) is 0 Å². The molecule has 0 unspecified atom stereocenters. The first-order chi connectivity index (χ1) is 13.1. The monoisotopic (exact) mass is 367 g/mol. The van der Waals surface area contributed by atoms with Gasteiger partial charge >= 0.3 is 0 Å². The molecule has 140 valence electrons. The number of anilines is 1. The molecule has 1 amide bonds. The maximum atomic E-state index is 12.4. The van der Waals surface area contributed by atoms with Gasteiger partial charge in [-0.25, -0.2) is 0 Å². The number of nitriles is 1. The van der Waals surface area contributed by atoms with E-state index in [4.69, 9.17) is 14.2 Å². The van der Waals surface area contributed by atoms with Gasteiger partial charge in [0.05, 0.1) is 27.0 Å². The molecule has 7 heteroatoms. The molecule has 0 radical (unpaired) electrons. The average molecular weight is 367 g/mol. The molecular weight excluding hydrogens is 346 g/mol. The van der Waals surface area contributed by atoms with E-state index in [1.165, 1.54) is 20.4 Å². The number of carbonyl (C=O) groups is 1. The van der Waals surface area contributed by atoms with Crippen molar-refractivity contribution in [2.75, 3.05) is 26.6 Å². The number of benzene rings is 2. The zero-order chi connectivity index (χ0) is 19.6. The number of hydrogen-bond donors (Lipinski definition) is 2. The Morgan fingerprint density at radius 1 is 1.07 bits per heavy atom. The fourth-order valence-electron chi connectivity index (χ4n) is 2.30. The topological polar surface area (TPSA) is 92.6 Å². The Morgan fingerprint density at radius 3 is 2.48 bits per heavy atom. The zero-order valence-electron chi connectivity index (χ0n) is 15.4. The number of amides is 1. The van der Waals surface area contributed by atoms with Crippen molar-refractivity contribution in [3.8, 4) is 23.3 Å². The summed E-state index contributed by atoms with van der Waals surface area (Å²) >= 11 is 0. The maximum Gasteiger partial charge on any atom is 0.267 e. The molecule has 0 spiro atoms. The second kappa shape index (κ2) is 9.73. The van der Waals surface area contributed by atoms with E-state index in [0.717, 1.165) is 11.3 Å². The summed E-state index contributed by atoms with van der Waals surface area (Å²) in [4.78, 5) is 12.4. The van der Waals surface area contributed by atoms with Gasteiger partial charge in [0.25, 0.3) is 5.91 Å². The highest BCUT2D eigenvalue weighted by atomic mass is 16.5. The van der Waals surface area contributed by atoms with Gasteiger partial charge in [-0.05, 0) is 29.8 Å². The van der Waals surface area contributed by atoms with Gasteiger partial charge in [-0.2, -0.15) is 5.26 Å². The second-order valence-corrected chi connectivity index (χ2v) is 5.42. The summed E-state index contributed by atoms with van der Waals surface area (Å²) in [6, 6.07) is 14.4. The number of carbonyl (C=O) groups excluding carboxylic acids is 1. The molecule has 0 saturated carbocycles. The van der Waals surface area contributed by atoms with Crippen molar-refractivity contribution in [1.29, 1.82) is 5.26 Å². The third-order valence-electron chi connectivity index (χ3n) is 3.71. The first kappa shape index (κ1) is 19.7. The SMILES string of the molecule is COc1cccc(CN/C=C(/C#N)C(=O)Nc2cc(OC)ccc2OC)c1. The van der Waals surface area contributed by atoms with Crippen LogP contribution in [-0.2, 0) is 11.3 Å². The number of hydrogen-bond acceptors (Lipinski definition) is 6. The lowest BCUT2D eigenvalue weighted by molar-refractivity contribution is -0.112. The molecule has 0 aromatic heterocycles. The number of nitrogens with zero attached hydrogens (tertiary/aromatic N) is 1. The van der Waals surface area contributed by atoms with E-state index in [1.54, 1.807) is 25.3 Å². The van der Waals surface area contributed by atoms with Gasteiger partial charge < -0.3 is 24.8 Å². The van der Waals surface area contributed by atoms with Crippen LogP contribution in [0.5, 0.6) is 17.2 Å². The normalized spacial score (nSPS) is 10.5. The third kappa shape index (κ3) is 5.41. The van der Waals surface area contributed by atoms with Crippen molar-refractivity contribution < 1.29 is 19.0 Å². The molecule has 0 bridgehead atoms. The Hall–Kier alpha value is -3.66. The number of methoxy groups -OCH3 is 3. The van der Waals surface area contributed by atoms with Gasteiger partial charge in [-0.3, -0.25) is 4.79 Å². The molecule has 2 aromatic rings. The fraction of sp³-hybridized carbons (Fsp3) is 0.200. The van der Waals surface area contributed by atoms with Crippen LogP contribution in [0, 0.1) is 11.3 Å². The Morgan fingerprint density at radius 2 is 1.81 bits per heavy atom. The van der Waals surface area contributed by atoms with E-state index < -0.39 is 5.91 Å². The third-order valence-corrected chi connectivity index (χ3v) is 3.71. The lowest BCUT2D eigenvalue weighted by Crippen LogP contribution is -2.17. The van der Waals surface area contributed by atoms with Gasteiger partial charge in [0.1, 0.15) is 28.9 Å². The molecule has 0 heterocycles. The van der Waals surface area contributed by atoms with E-state index in [2.05, 4.69) is 10.6 Å². The van der Waals surface area contributed by atoms with Crippen LogP contribution < -0.4 is 24.8 Å². The van der Waals surface area contributed by atoms with Crippen molar-refractivity contribution in [3.63, 3.8) is 0 Å². The van der Waals surface area contributed by atoms with E-state index >= 15 is 0 Å². The Balaban J connectivity index is 2.07. The summed E-state index contributed by atoms with van der Waals surface area (Å²) in [5, 5.41) is 14.9. The van der Waals surface area contributed by atoms with Crippen molar-refractivity contribution in [1.82, 2.24) is 5.32 Å². The summed E-state index contributed by atoms with van der Waals surface area (Å²) in [6.07, 6.45) is 1.38. The first-order valence-corrected chi connectivity index (χ1v) is 8.11. The summed E-state index contributed by atoms with van der Waals surface area (Å²) in [5.41, 5.74) is 1.30. The molecule has 0 saturated heterocycles. The molecule has 2 aromatic carbocycles. The number of ether oxygens (including phenoxy) is 3. The number of nitrogens with one attached hydrogen (secondary N) is 2. The average Bonchev–Trinajstić information content (AvgIpc) is 2.71. The Bertz CT molecular complexity index is 872. The number of rotatable bonds is 8. The highest BCUT2D eigenvalue weighted by Crippen LogP contribution is 2.29. The molecule has 27 heavy (non-hydrogen) atoms. The smallest absolute Gasteiger partial charge is 0.267 e. The highest BCUT2D eigenvalue weighted by Gasteiger charge is 2.13. The summed E-state index contributed by atoms with van der Waals surface area (Å²) in [6.45, 7) is 0.443. The lowest BCUT2D eigenvalue weighted by Gasteiger charge is -2.11. The van der Waals surface area contributed by atoms with Gasteiger partial charge in [0.2, 0.25) is 0 Å². The Labute approximate surface area is 158 Å². The van der Waals surface area contributed by atoms with E-state index in [9.17, 15) is 10.1 Å². The second-order valence-electron chi connectivity index (χ2n) is 5.42. The minimum Gasteiger partial charge on any atom is -0.497 e. The lowest BCUT2D eigenvalue weighted by atomic mass is 10.2. The molecule has 0 fully saturated rings. The van der Waals surface area contributed by atoms with Crippen LogP contribution >= 0.6 is 0 Å². The van der Waals surface area contributed by atoms with Crippen LogP contribution in [-0.4, -0.2) is 27.2 Å². The quantitative estimate of drug-likeness (QED) is 0.551. The van der Waals surface area contributed by atoms with Crippen LogP contribution in [0.1, 0.15) is 5.56 Å². The summed E-state index contributed by atoms with van der Waals surface area (Å²) in [5.74, 6) is 1.21. The van der Waals surface area contributed by atoms with Crippen molar-refractivity contribution >= 4 is 11.6 Å². The molecule has 2 rings (SSSR count). The predicted molar refractivity (Wildman–Crippen MR) is 102 cm³/mol. The molecule has 0 aliphatic rings. The first-order valence-electron chi connectivity index (χ1n) is 8.11. The highest BCUT2D eigenvalue weighted by molar-refractivity contribution is 6.07. The summed E-state index contributed by atoms with van der Waals surface area (Å²) in [7, 11) is 4.61. The van der Waals surface area contributed by atoms with Gasteiger partial charge in [0.15, 0.2) is 0 Å². The molecule has 2 N–H and O–H groups in total. The van der Waals surface area contributed by atoms with Gasteiger partial charge in [-0.15, -0.1) is 0 Å². The largest absolute Gasteiger partial charge is 0.497 e. The molecule has 7 nitrogen and oxygen atoms in total. The van der Waals surface area contributed by atoms with Gasteiger partial charge in [0, 0.05) is 18.8 Å². The predicted octanol–water partition coefficient (Wildman–Crippen LogP) is 2.85. The van der Waals surface area contributed by atoms with Crippen LogP contribution in [0.3, 0.4) is 0 Å². The van der Waals surface area contributed by atoms with Crippen LogP contribution in [0.2, 0.25) is 0 Å². The van der Waals surface area contributed by atoms with E-state index in [-0.39, 0.29) is 5.57 Å². The molecule has 0 atom stereocenters. The molecule has 0 aliphatic carbocycles. The van der Waals surface area contributed by atoms with E-state index in [1.807, 2.05) is 30.3 Å². The van der Waals surface area contributed by atoms with Crippen molar-refractivity contribution in [2.45, 2.75) is 6.54 Å². The van der Waals surface area contributed by atoms with Gasteiger partial charge in [-0.1, -0.05) is 12.1 Å². The minimum absolute atomic E-state index is 0.0669. The van der Waals surface area contributed by atoms with E-state index in [0.29, 0.717) is 23.7 Å². The minimum atomic E-state index is -0.554.